The first-order valence-corrected chi connectivity index (χ1v) is 7.56. The molecular formula is C16H12BrF3N2O2. The zero-order chi connectivity index (χ0) is 17.7. The van der Waals surface area contributed by atoms with E-state index in [0.29, 0.717) is 5.56 Å². The first kappa shape index (κ1) is 18.0. The molecule has 0 aliphatic carbocycles. The van der Waals surface area contributed by atoms with Crippen LogP contribution in [0.4, 0.5) is 18.9 Å². The van der Waals surface area contributed by atoms with Gasteiger partial charge in [0.15, 0.2) is 0 Å². The van der Waals surface area contributed by atoms with Crippen LogP contribution in [0.3, 0.4) is 0 Å². The average molecular weight is 401 g/mol. The predicted molar refractivity (Wildman–Crippen MR) is 86.5 cm³/mol. The predicted octanol–water partition coefficient (Wildman–Crippen LogP) is 3.84. The fourth-order valence-electron chi connectivity index (χ4n) is 1.88. The maximum absolute atomic E-state index is 12.8. The van der Waals surface area contributed by atoms with E-state index in [1.54, 1.807) is 30.3 Å². The molecule has 8 heteroatoms. The number of hydrogen-bond donors (Lipinski definition) is 2. The van der Waals surface area contributed by atoms with Crippen molar-refractivity contribution >= 4 is 33.4 Å². The second-order valence-corrected chi connectivity index (χ2v) is 5.64. The van der Waals surface area contributed by atoms with Crippen molar-refractivity contribution in [2.75, 3.05) is 11.9 Å². The number of anilines is 1. The summed E-state index contributed by atoms with van der Waals surface area (Å²) in [6.07, 6.45) is -4.54. The number of hydrogen-bond acceptors (Lipinski definition) is 2. The van der Waals surface area contributed by atoms with E-state index in [-0.39, 0.29) is 16.7 Å². The number of carbonyl (C=O) groups is 2. The molecule has 24 heavy (non-hydrogen) atoms. The van der Waals surface area contributed by atoms with Crippen LogP contribution in [0.1, 0.15) is 15.9 Å². The lowest BCUT2D eigenvalue weighted by molar-refractivity contribution is -0.138. The summed E-state index contributed by atoms with van der Waals surface area (Å²) in [4.78, 5) is 23.6. The average Bonchev–Trinajstić information content (AvgIpc) is 2.54. The van der Waals surface area contributed by atoms with E-state index in [1.165, 1.54) is 12.1 Å². The van der Waals surface area contributed by atoms with Crippen molar-refractivity contribution in [3.05, 3.63) is 64.1 Å². The number of carbonyl (C=O) groups excluding carboxylic acids is 2. The van der Waals surface area contributed by atoms with Gasteiger partial charge >= 0.3 is 6.18 Å². The number of benzene rings is 2. The minimum Gasteiger partial charge on any atom is -0.343 e. The summed E-state index contributed by atoms with van der Waals surface area (Å²) >= 11 is 2.82. The first-order valence-electron chi connectivity index (χ1n) is 6.77. The molecule has 0 aliphatic rings. The normalized spacial score (nSPS) is 11.0. The highest BCUT2D eigenvalue weighted by Gasteiger charge is 2.33. The topological polar surface area (TPSA) is 58.2 Å². The van der Waals surface area contributed by atoms with Crippen molar-refractivity contribution < 1.29 is 22.8 Å². The van der Waals surface area contributed by atoms with Gasteiger partial charge in [0.25, 0.3) is 5.91 Å². The van der Waals surface area contributed by atoms with Crippen LogP contribution in [0.15, 0.2) is 53.0 Å². The van der Waals surface area contributed by atoms with Gasteiger partial charge in [-0.25, -0.2) is 0 Å². The summed E-state index contributed by atoms with van der Waals surface area (Å²) in [5.41, 5.74) is -0.522. The van der Waals surface area contributed by atoms with Crippen LogP contribution in [0.25, 0.3) is 0 Å². The molecule has 0 fully saturated rings. The van der Waals surface area contributed by atoms with Gasteiger partial charge in [0, 0.05) is 15.7 Å². The highest BCUT2D eigenvalue weighted by Crippen LogP contribution is 2.36. The lowest BCUT2D eigenvalue weighted by Gasteiger charge is -2.12. The SMILES string of the molecule is O=C(CNC(=O)c1ccccc1)Nc1ccc(Br)c(C(F)(F)F)c1. The molecule has 2 aromatic rings. The quantitative estimate of drug-likeness (QED) is 0.818. The molecule has 0 aliphatic heterocycles. The number of alkyl halides is 3. The van der Waals surface area contributed by atoms with E-state index >= 15 is 0 Å². The molecular weight excluding hydrogens is 389 g/mol. The Morgan fingerprint density at radius 2 is 1.71 bits per heavy atom. The Morgan fingerprint density at radius 1 is 1.04 bits per heavy atom. The molecule has 2 N–H and O–H groups in total. The number of rotatable bonds is 4. The molecule has 2 aromatic carbocycles. The molecule has 0 saturated carbocycles. The molecule has 0 radical (unpaired) electrons. The molecule has 0 aromatic heterocycles. The minimum absolute atomic E-state index is 0.00974. The van der Waals surface area contributed by atoms with E-state index in [2.05, 4.69) is 26.6 Å². The van der Waals surface area contributed by atoms with Crippen LogP contribution in [-0.2, 0) is 11.0 Å². The van der Waals surface area contributed by atoms with Gasteiger partial charge in [0.05, 0.1) is 12.1 Å². The standard InChI is InChI=1S/C16H12BrF3N2O2/c17-13-7-6-11(8-12(13)16(18,19)20)22-14(23)9-21-15(24)10-4-2-1-3-5-10/h1-8H,9H2,(H,21,24)(H,22,23). The van der Waals surface area contributed by atoms with Gasteiger partial charge < -0.3 is 10.6 Å². The van der Waals surface area contributed by atoms with Gasteiger partial charge in [-0.3, -0.25) is 9.59 Å². The Morgan fingerprint density at radius 3 is 2.33 bits per heavy atom. The van der Waals surface area contributed by atoms with E-state index in [0.717, 1.165) is 6.07 Å². The number of nitrogens with one attached hydrogen (secondary N) is 2. The summed E-state index contributed by atoms with van der Waals surface area (Å²) in [6.45, 7) is -0.356. The molecule has 0 bridgehead atoms. The first-order chi connectivity index (χ1) is 11.3. The Balaban J connectivity index is 1.97. The zero-order valence-corrected chi connectivity index (χ0v) is 13.7. The number of amides is 2. The maximum Gasteiger partial charge on any atom is 0.417 e. The van der Waals surface area contributed by atoms with Crippen molar-refractivity contribution in [3.63, 3.8) is 0 Å². The third-order valence-electron chi connectivity index (χ3n) is 3.00. The van der Waals surface area contributed by atoms with Crippen LogP contribution in [0, 0.1) is 0 Å². The van der Waals surface area contributed by atoms with Gasteiger partial charge in [-0.2, -0.15) is 13.2 Å². The van der Waals surface area contributed by atoms with Crippen molar-refractivity contribution in [2.45, 2.75) is 6.18 Å². The third-order valence-corrected chi connectivity index (χ3v) is 3.69. The molecule has 2 amide bonds. The summed E-state index contributed by atoms with van der Waals surface area (Å²) in [6, 6.07) is 11.6. The minimum atomic E-state index is -4.54. The van der Waals surface area contributed by atoms with Crippen LogP contribution in [0.5, 0.6) is 0 Å². The van der Waals surface area contributed by atoms with E-state index < -0.39 is 23.6 Å². The lowest BCUT2D eigenvalue weighted by atomic mass is 10.2. The van der Waals surface area contributed by atoms with Crippen LogP contribution in [0.2, 0.25) is 0 Å². The summed E-state index contributed by atoms with van der Waals surface area (Å²) in [5, 5.41) is 4.71. The maximum atomic E-state index is 12.8. The van der Waals surface area contributed by atoms with Crippen molar-refractivity contribution in [1.82, 2.24) is 5.32 Å². The van der Waals surface area contributed by atoms with Crippen LogP contribution >= 0.6 is 15.9 Å². The largest absolute Gasteiger partial charge is 0.417 e. The summed E-state index contributed by atoms with van der Waals surface area (Å²) in [5.74, 6) is -1.08. The Kier molecular flexibility index (Phi) is 5.61. The van der Waals surface area contributed by atoms with E-state index in [9.17, 15) is 22.8 Å². The zero-order valence-electron chi connectivity index (χ0n) is 12.2. The highest BCUT2D eigenvalue weighted by atomic mass is 79.9. The fourth-order valence-corrected chi connectivity index (χ4v) is 2.35. The second-order valence-electron chi connectivity index (χ2n) is 4.79. The molecule has 0 unspecified atom stereocenters. The summed E-state index contributed by atoms with van der Waals surface area (Å²) < 4.78 is 38.3. The van der Waals surface area contributed by atoms with Gasteiger partial charge in [0.2, 0.25) is 5.91 Å². The van der Waals surface area contributed by atoms with Gasteiger partial charge in [-0.15, -0.1) is 0 Å². The van der Waals surface area contributed by atoms with Gasteiger partial charge in [-0.1, -0.05) is 34.1 Å². The van der Waals surface area contributed by atoms with Crippen LogP contribution in [-0.4, -0.2) is 18.4 Å². The fraction of sp³-hybridized carbons (Fsp3) is 0.125. The molecule has 0 spiro atoms. The second kappa shape index (κ2) is 7.48. The van der Waals surface area contributed by atoms with E-state index in [1.807, 2.05) is 0 Å². The van der Waals surface area contributed by atoms with Crippen LogP contribution < -0.4 is 10.6 Å². The van der Waals surface area contributed by atoms with Gasteiger partial charge in [0.1, 0.15) is 0 Å². The van der Waals surface area contributed by atoms with E-state index in [4.69, 9.17) is 0 Å². The van der Waals surface area contributed by atoms with Crippen molar-refractivity contribution in [2.24, 2.45) is 0 Å². The molecule has 2 rings (SSSR count). The molecule has 4 nitrogen and oxygen atoms in total. The Labute approximate surface area is 144 Å². The third kappa shape index (κ3) is 4.82. The lowest BCUT2D eigenvalue weighted by Crippen LogP contribution is -2.32. The Bertz CT molecular complexity index is 749. The monoisotopic (exact) mass is 400 g/mol. The van der Waals surface area contributed by atoms with Crippen molar-refractivity contribution in [1.29, 1.82) is 0 Å². The molecule has 0 saturated heterocycles. The molecule has 126 valence electrons. The Hall–Kier alpha value is -2.35. The number of halogens is 4. The molecule has 0 heterocycles. The smallest absolute Gasteiger partial charge is 0.343 e. The highest BCUT2D eigenvalue weighted by molar-refractivity contribution is 9.10. The molecule has 0 atom stereocenters. The van der Waals surface area contributed by atoms with Gasteiger partial charge in [-0.05, 0) is 30.3 Å². The van der Waals surface area contributed by atoms with Crippen molar-refractivity contribution in [3.8, 4) is 0 Å². The summed E-state index contributed by atoms with van der Waals surface area (Å²) in [7, 11) is 0.